The lowest BCUT2D eigenvalue weighted by atomic mass is 10.2. The number of aromatic nitrogens is 4. The van der Waals surface area contributed by atoms with Crippen LogP contribution >= 0.6 is 15.9 Å². The molecule has 0 unspecified atom stereocenters. The number of amides is 1. The van der Waals surface area contributed by atoms with Gasteiger partial charge < -0.3 is 11.5 Å². The molecular weight excluding hydrogens is 288 g/mol. The third kappa shape index (κ3) is 1.80. The second kappa shape index (κ2) is 3.88. The van der Waals surface area contributed by atoms with Crippen molar-refractivity contribution in [1.29, 1.82) is 0 Å². The van der Waals surface area contributed by atoms with Gasteiger partial charge in [0.2, 0.25) is 0 Å². The van der Waals surface area contributed by atoms with Crippen molar-refractivity contribution in [3.8, 4) is 5.82 Å². The summed E-state index contributed by atoms with van der Waals surface area (Å²) in [6.45, 7) is 1.71. The molecule has 2 rings (SSSR count). The number of anilines is 1. The first kappa shape index (κ1) is 11.6. The largest absolute Gasteiger partial charge is 0.381 e. The minimum Gasteiger partial charge on any atom is -0.381 e. The van der Waals surface area contributed by atoms with Gasteiger partial charge in [-0.2, -0.15) is 5.10 Å². The molecule has 4 N–H and O–H groups in total. The zero-order valence-electron chi connectivity index (χ0n) is 9.31. The van der Waals surface area contributed by atoms with Crippen LogP contribution in [-0.2, 0) is 7.05 Å². The highest BCUT2D eigenvalue weighted by molar-refractivity contribution is 9.10. The highest BCUT2D eigenvalue weighted by Crippen LogP contribution is 2.22. The average Bonchev–Trinajstić information content (AvgIpc) is 2.68. The maximum absolute atomic E-state index is 11.4. The molecule has 0 radical (unpaired) electrons. The summed E-state index contributed by atoms with van der Waals surface area (Å²) >= 11 is 3.25. The van der Waals surface area contributed by atoms with E-state index >= 15 is 0 Å². The number of primary amides is 1. The highest BCUT2D eigenvalue weighted by atomic mass is 79.9. The van der Waals surface area contributed by atoms with E-state index < -0.39 is 5.91 Å². The van der Waals surface area contributed by atoms with Crippen LogP contribution in [-0.4, -0.2) is 25.5 Å². The van der Waals surface area contributed by atoms with Crippen molar-refractivity contribution in [2.24, 2.45) is 12.8 Å². The van der Waals surface area contributed by atoms with E-state index in [4.69, 9.17) is 11.5 Å². The number of nitrogens with two attached hydrogens (primary N) is 2. The number of aryl methyl sites for hydroxylation is 2. The van der Waals surface area contributed by atoms with Gasteiger partial charge in [0, 0.05) is 13.2 Å². The molecule has 0 aliphatic carbocycles. The number of nitrogen functional groups attached to an aromatic ring is 1. The Morgan fingerprint density at radius 2 is 2.12 bits per heavy atom. The van der Waals surface area contributed by atoms with Gasteiger partial charge in [-0.1, -0.05) is 0 Å². The van der Waals surface area contributed by atoms with Gasteiger partial charge in [-0.3, -0.25) is 4.79 Å². The van der Waals surface area contributed by atoms with Crippen molar-refractivity contribution in [3.63, 3.8) is 0 Å². The lowest BCUT2D eigenvalue weighted by Crippen LogP contribution is -2.16. The fraction of sp³-hybridized carbons (Fsp3) is 0.222. The van der Waals surface area contributed by atoms with Gasteiger partial charge in [-0.15, -0.1) is 5.10 Å². The van der Waals surface area contributed by atoms with E-state index in [9.17, 15) is 4.79 Å². The molecule has 0 aliphatic heterocycles. The molecule has 0 aliphatic rings. The van der Waals surface area contributed by atoms with Crippen LogP contribution in [0.3, 0.4) is 0 Å². The van der Waals surface area contributed by atoms with Gasteiger partial charge >= 0.3 is 0 Å². The van der Waals surface area contributed by atoms with Gasteiger partial charge in [-0.05, 0) is 22.9 Å². The zero-order chi connectivity index (χ0) is 12.7. The summed E-state index contributed by atoms with van der Waals surface area (Å²) in [5, 5.41) is 8.22. The Labute approximate surface area is 106 Å². The second-order valence-electron chi connectivity index (χ2n) is 3.58. The summed E-state index contributed by atoms with van der Waals surface area (Å²) in [5.74, 6) is 0.280. The molecule has 2 aromatic heterocycles. The molecule has 17 heavy (non-hydrogen) atoms. The number of halogens is 1. The predicted octanol–water partition coefficient (Wildman–Crippen LogP) is 0.358. The van der Waals surface area contributed by atoms with Crippen LogP contribution in [0.2, 0.25) is 0 Å². The summed E-state index contributed by atoms with van der Waals surface area (Å²) in [7, 11) is 1.71. The molecule has 0 atom stereocenters. The summed E-state index contributed by atoms with van der Waals surface area (Å²) in [5.41, 5.74) is 11.9. The third-order valence-electron chi connectivity index (χ3n) is 2.35. The number of nitrogens with zero attached hydrogens (tertiary/aromatic N) is 4. The van der Waals surface area contributed by atoms with Gasteiger partial charge in [-0.25, -0.2) is 9.36 Å². The number of carbonyl (C=O) groups excluding carboxylic acids is 1. The van der Waals surface area contributed by atoms with Crippen molar-refractivity contribution in [1.82, 2.24) is 19.6 Å². The van der Waals surface area contributed by atoms with Crippen LogP contribution in [0.15, 0.2) is 10.7 Å². The van der Waals surface area contributed by atoms with E-state index in [0.29, 0.717) is 27.4 Å². The van der Waals surface area contributed by atoms with Gasteiger partial charge in [0.1, 0.15) is 5.56 Å². The number of hydrogen-bond acceptors (Lipinski definition) is 4. The first-order valence-electron chi connectivity index (χ1n) is 4.76. The average molecular weight is 299 g/mol. The Hall–Kier alpha value is -1.83. The highest BCUT2D eigenvalue weighted by Gasteiger charge is 2.20. The van der Waals surface area contributed by atoms with Crippen molar-refractivity contribution in [3.05, 3.63) is 21.9 Å². The van der Waals surface area contributed by atoms with Crippen LogP contribution in [0.25, 0.3) is 5.82 Å². The van der Waals surface area contributed by atoms with Gasteiger partial charge in [0.05, 0.1) is 10.2 Å². The quantitative estimate of drug-likeness (QED) is 0.835. The smallest absolute Gasteiger partial charge is 0.254 e. The fourth-order valence-electron chi connectivity index (χ4n) is 1.67. The minimum atomic E-state index is -0.546. The lowest BCUT2D eigenvalue weighted by Gasteiger charge is -2.03. The van der Waals surface area contributed by atoms with E-state index in [1.54, 1.807) is 20.2 Å². The summed E-state index contributed by atoms with van der Waals surface area (Å²) in [6.07, 6.45) is 1.65. The first-order chi connectivity index (χ1) is 7.91. The molecule has 2 aromatic rings. The summed E-state index contributed by atoms with van der Waals surface area (Å²) in [6, 6.07) is 0. The third-order valence-corrected chi connectivity index (χ3v) is 2.96. The number of hydrogen-bond donors (Lipinski definition) is 2. The Bertz CT molecular complexity index is 579. The SMILES string of the molecule is Cc1nn(C)c(-n2cc(Br)c(N)n2)c1C(N)=O. The molecule has 90 valence electrons. The maximum atomic E-state index is 11.4. The molecule has 0 aromatic carbocycles. The Morgan fingerprint density at radius 1 is 1.47 bits per heavy atom. The van der Waals surface area contributed by atoms with Crippen LogP contribution in [0, 0.1) is 6.92 Å². The number of carbonyl (C=O) groups is 1. The summed E-state index contributed by atoms with van der Waals surface area (Å²) in [4.78, 5) is 11.4. The van der Waals surface area contributed by atoms with Gasteiger partial charge in [0.25, 0.3) is 5.91 Å². The van der Waals surface area contributed by atoms with E-state index in [1.165, 1.54) is 9.36 Å². The summed E-state index contributed by atoms with van der Waals surface area (Å²) < 4.78 is 3.65. The number of rotatable bonds is 2. The Morgan fingerprint density at radius 3 is 2.59 bits per heavy atom. The molecule has 7 nitrogen and oxygen atoms in total. The topological polar surface area (TPSA) is 105 Å². The molecule has 0 saturated carbocycles. The van der Waals surface area contributed by atoms with Crippen molar-refractivity contribution in [2.45, 2.75) is 6.92 Å². The maximum Gasteiger partial charge on any atom is 0.254 e. The van der Waals surface area contributed by atoms with Crippen molar-refractivity contribution >= 4 is 27.7 Å². The first-order valence-corrected chi connectivity index (χ1v) is 5.55. The normalized spacial score (nSPS) is 10.8. The van der Waals surface area contributed by atoms with Crippen molar-refractivity contribution in [2.75, 3.05) is 5.73 Å². The zero-order valence-corrected chi connectivity index (χ0v) is 10.9. The van der Waals surface area contributed by atoms with Crippen LogP contribution in [0.5, 0.6) is 0 Å². The predicted molar refractivity (Wildman–Crippen MR) is 65.7 cm³/mol. The Balaban J connectivity index is 2.70. The van der Waals surface area contributed by atoms with E-state index in [1.807, 2.05) is 0 Å². The molecule has 0 spiro atoms. The van der Waals surface area contributed by atoms with Crippen LogP contribution in [0.4, 0.5) is 5.82 Å². The fourth-order valence-corrected chi connectivity index (χ4v) is 1.95. The molecule has 1 amide bonds. The van der Waals surface area contributed by atoms with E-state index in [2.05, 4.69) is 26.1 Å². The van der Waals surface area contributed by atoms with E-state index in [-0.39, 0.29) is 0 Å². The second-order valence-corrected chi connectivity index (χ2v) is 4.43. The van der Waals surface area contributed by atoms with E-state index in [0.717, 1.165) is 0 Å². The molecule has 2 heterocycles. The standard InChI is InChI=1S/C9H11BrN6O/c1-4-6(8(12)17)9(15(2)13-4)16-3-5(10)7(11)14-16/h3H,1-2H3,(H2,11,14)(H2,12,17). The molecule has 8 heteroatoms. The monoisotopic (exact) mass is 298 g/mol. The molecule has 0 bridgehead atoms. The lowest BCUT2D eigenvalue weighted by molar-refractivity contribution is 0.0999. The molecule has 0 fully saturated rings. The molecular formula is C9H11BrN6O. The van der Waals surface area contributed by atoms with Crippen LogP contribution in [0.1, 0.15) is 16.1 Å². The van der Waals surface area contributed by atoms with Gasteiger partial charge in [0.15, 0.2) is 11.6 Å². The molecule has 0 saturated heterocycles. The minimum absolute atomic E-state index is 0.333. The van der Waals surface area contributed by atoms with Crippen molar-refractivity contribution < 1.29 is 4.79 Å². The van der Waals surface area contributed by atoms with Crippen LogP contribution < -0.4 is 11.5 Å². The Kier molecular flexibility index (Phi) is 2.66.